The molecule has 1 aromatic heterocycles. The van der Waals surface area contributed by atoms with Gasteiger partial charge in [-0.3, -0.25) is 4.79 Å². The Bertz CT molecular complexity index is 804. The molecule has 2 aliphatic rings. The molecule has 1 aromatic carbocycles. The summed E-state index contributed by atoms with van der Waals surface area (Å²) in [6, 6.07) is 9.63. The van der Waals surface area contributed by atoms with Gasteiger partial charge in [-0.15, -0.1) is 0 Å². The summed E-state index contributed by atoms with van der Waals surface area (Å²) in [5.41, 5.74) is 1.62. The summed E-state index contributed by atoms with van der Waals surface area (Å²) in [5, 5.41) is 2.96. The largest absolute Gasteiger partial charge is 0.492 e. The Kier molecular flexibility index (Phi) is 4.82. The van der Waals surface area contributed by atoms with Gasteiger partial charge in [0.2, 0.25) is 5.91 Å². The number of carbonyl (C=O) groups is 1. The van der Waals surface area contributed by atoms with Crippen molar-refractivity contribution in [2.75, 3.05) is 50.1 Å². The van der Waals surface area contributed by atoms with Gasteiger partial charge in [0, 0.05) is 36.2 Å². The summed E-state index contributed by atoms with van der Waals surface area (Å²) < 4.78 is 6.57. The molecule has 1 atom stereocenters. The smallest absolute Gasteiger partial charge is 0.235 e. The maximum Gasteiger partial charge on any atom is 0.235 e. The summed E-state index contributed by atoms with van der Waals surface area (Å²) in [7, 11) is 2.13. The van der Waals surface area contributed by atoms with Crippen LogP contribution in [0.5, 0.6) is 5.75 Å². The van der Waals surface area contributed by atoms with Crippen LogP contribution in [0.2, 0.25) is 0 Å². The second-order valence-electron chi connectivity index (χ2n) is 6.73. The first kappa shape index (κ1) is 17.3. The first-order valence-corrected chi connectivity index (χ1v) is 9.52. The number of hydrogen-bond acceptors (Lipinski definition) is 5. The topological polar surface area (TPSA) is 57.7 Å². The molecule has 1 amide bonds. The van der Waals surface area contributed by atoms with E-state index in [2.05, 4.69) is 43.1 Å². The van der Waals surface area contributed by atoms with E-state index in [1.165, 1.54) is 0 Å². The van der Waals surface area contributed by atoms with Gasteiger partial charge in [0.15, 0.2) is 0 Å². The third-order valence-corrected chi connectivity index (χ3v) is 5.41. The Morgan fingerprint density at radius 1 is 1.23 bits per heavy atom. The minimum Gasteiger partial charge on any atom is -0.492 e. The van der Waals surface area contributed by atoms with Gasteiger partial charge in [0.25, 0.3) is 0 Å². The minimum atomic E-state index is -0.306. The number of pyridine rings is 1. The molecule has 0 aliphatic carbocycles. The Balaban J connectivity index is 1.42. The number of likely N-dealkylation sites (N-methyl/N-ethyl adjacent to an activating group) is 1. The zero-order valence-electron chi connectivity index (χ0n) is 14.6. The Morgan fingerprint density at radius 2 is 2.04 bits per heavy atom. The number of nitrogens with zero attached hydrogens (tertiary/aromatic N) is 3. The molecule has 0 radical (unpaired) electrons. The fourth-order valence-corrected chi connectivity index (χ4v) is 3.69. The minimum absolute atomic E-state index is 0.0732. The third-order valence-electron chi connectivity index (χ3n) is 4.91. The summed E-state index contributed by atoms with van der Waals surface area (Å²) in [6.07, 6.45) is 1.73. The van der Waals surface area contributed by atoms with E-state index in [0.29, 0.717) is 12.3 Å². The van der Waals surface area contributed by atoms with E-state index in [-0.39, 0.29) is 11.8 Å². The number of anilines is 2. The zero-order chi connectivity index (χ0) is 18.1. The summed E-state index contributed by atoms with van der Waals surface area (Å²) in [4.78, 5) is 21.8. The third kappa shape index (κ3) is 3.54. The van der Waals surface area contributed by atoms with Gasteiger partial charge in [-0.05, 0) is 37.4 Å². The molecule has 1 N–H and O–H groups in total. The average molecular weight is 417 g/mol. The number of hydrogen-bond donors (Lipinski definition) is 1. The number of benzene rings is 1. The molecule has 1 saturated heterocycles. The molecule has 0 bridgehead atoms. The maximum atomic E-state index is 12.7. The fourth-order valence-electron chi connectivity index (χ4n) is 3.31. The van der Waals surface area contributed by atoms with Crippen LogP contribution in [-0.2, 0) is 4.79 Å². The molecule has 136 valence electrons. The van der Waals surface area contributed by atoms with Gasteiger partial charge in [-0.2, -0.15) is 0 Å². The van der Waals surface area contributed by atoms with Crippen LogP contribution in [0.1, 0.15) is 11.5 Å². The highest BCUT2D eigenvalue weighted by Gasteiger charge is 2.30. The van der Waals surface area contributed by atoms with Crippen LogP contribution in [0.4, 0.5) is 11.5 Å². The van der Waals surface area contributed by atoms with Gasteiger partial charge in [0.1, 0.15) is 24.1 Å². The van der Waals surface area contributed by atoms with E-state index >= 15 is 0 Å². The molecule has 6 nitrogen and oxygen atoms in total. The van der Waals surface area contributed by atoms with E-state index < -0.39 is 0 Å². The fraction of sp³-hybridized carbons (Fsp3) is 0.368. The van der Waals surface area contributed by atoms with Crippen molar-refractivity contribution in [3.05, 3.63) is 46.6 Å². The van der Waals surface area contributed by atoms with Crippen LogP contribution in [0.25, 0.3) is 0 Å². The van der Waals surface area contributed by atoms with Crippen LogP contribution in [-0.4, -0.2) is 55.6 Å². The molecule has 3 heterocycles. The molecule has 0 spiro atoms. The van der Waals surface area contributed by atoms with Gasteiger partial charge in [-0.25, -0.2) is 4.98 Å². The zero-order valence-corrected chi connectivity index (χ0v) is 16.2. The van der Waals surface area contributed by atoms with Crippen molar-refractivity contribution in [2.45, 2.75) is 5.92 Å². The average Bonchev–Trinajstić information content (AvgIpc) is 3.06. The molecule has 0 saturated carbocycles. The number of aromatic nitrogens is 1. The second-order valence-corrected chi connectivity index (χ2v) is 7.65. The predicted molar refractivity (Wildman–Crippen MR) is 105 cm³/mol. The number of carbonyl (C=O) groups excluding carboxylic acids is 1. The molecule has 26 heavy (non-hydrogen) atoms. The van der Waals surface area contributed by atoms with Crippen LogP contribution < -0.4 is 15.0 Å². The van der Waals surface area contributed by atoms with Crippen molar-refractivity contribution in [1.29, 1.82) is 0 Å². The highest BCUT2D eigenvalue weighted by atomic mass is 79.9. The summed E-state index contributed by atoms with van der Waals surface area (Å²) >= 11 is 3.45. The SMILES string of the molecule is CN1CCN(c2ccc(NC(=O)C3COc4ccc(Br)cc43)cn2)CC1. The number of amides is 1. The molecule has 7 heteroatoms. The van der Waals surface area contributed by atoms with Crippen molar-refractivity contribution in [2.24, 2.45) is 0 Å². The van der Waals surface area contributed by atoms with Gasteiger partial charge in [0.05, 0.1) is 11.9 Å². The summed E-state index contributed by atoms with van der Waals surface area (Å²) in [5.74, 6) is 1.35. The van der Waals surface area contributed by atoms with E-state index in [4.69, 9.17) is 4.74 Å². The van der Waals surface area contributed by atoms with Crippen molar-refractivity contribution in [3.8, 4) is 5.75 Å². The van der Waals surface area contributed by atoms with E-state index in [9.17, 15) is 4.79 Å². The number of nitrogens with one attached hydrogen (secondary N) is 1. The van der Waals surface area contributed by atoms with Crippen molar-refractivity contribution >= 4 is 33.3 Å². The van der Waals surface area contributed by atoms with Crippen LogP contribution >= 0.6 is 15.9 Å². The first-order chi connectivity index (χ1) is 12.6. The normalized spacial score (nSPS) is 19.8. The lowest BCUT2D eigenvalue weighted by Crippen LogP contribution is -2.44. The maximum absolute atomic E-state index is 12.7. The lowest BCUT2D eigenvalue weighted by atomic mass is 10.0. The highest BCUT2D eigenvalue weighted by molar-refractivity contribution is 9.10. The Labute approximate surface area is 161 Å². The van der Waals surface area contributed by atoms with E-state index in [0.717, 1.165) is 47.8 Å². The lowest BCUT2D eigenvalue weighted by Gasteiger charge is -2.33. The predicted octanol–water partition coefficient (Wildman–Crippen LogP) is 2.71. The van der Waals surface area contributed by atoms with Crippen LogP contribution in [0, 0.1) is 0 Å². The molecule has 1 fully saturated rings. The summed E-state index contributed by atoms with van der Waals surface area (Å²) in [6.45, 7) is 4.39. The molecule has 2 aromatic rings. The van der Waals surface area contributed by atoms with Crippen LogP contribution in [0.3, 0.4) is 0 Å². The van der Waals surface area contributed by atoms with Crippen molar-refractivity contribution < 1.29 is 9.53 Å². The first-order valence-electron chi connectivity index (χ1n) is 8.73. The van der Waals surface area contributed by atoms with E-state index in [1.54, 1.807) is 6.20 Å². The number of rotatable bonds is 3. The Morgan fingerprint density at radius 3 is 2.77 bits per heavy atom. The molecular formula is C19H21BrN4O2. The lowest BCUT2D eigenvalue weighted by molar-refractivity contribution is -0.117. The quantitative estimate of drug-likeness (QED) is 0.833. The number of fused-ring (bicyclic) bond motifs is 1. The Hall–Kier alpha value is -2.12. The second kappa shape index (κ2) is 7.25. The molecule has 4 rings (SSSR count). The molecule has 2 aliphatic heterocycles. The molecule has 1 unspecified atom stereocenters. The van der Waals surface area contributed by atoms with Crippen molar-refractivity contribution in [1.82, 2.24) is 9.88 Å². The monoisotopic (exact) mass is 416 g/mol. The highest BCUT2D eigenvalue weighted by Crippen LogP contribution is 2.36. The molecular weight excluding hydrogens is 396 g/mol. The number of piperazine rings is 1. The van der Waals surface area contributed by atoms with Crippen molar-refractivity contribution in [3.63, 3.8) is 0 Å². The number of ether oxygens (including phenoxy) is 1. The number of halogens is 1. The van der Waals surface area contributed by atoms with Gasteiger partial charge in [-0.1, -0.05) is 15.9 Å². The standard InChI is InChI=1S/C19H21BrN4O2/c1-23-6-8-24(9-7-23)18-5-3-14(11-21-18)22-19(25)16-12-26-17-4-2-13(20)10-15(16)17/h2-5,10-11,16H,6-9,12H2,1H3,(H,22,25). The van der Waals surface area contributed by atoms with Crippen LogP contribution in [0.15, 0.2) is 41.0 Å². The van der Waals surface area contributed by atoms with Gasteiger partial charge < -0.3 is 19.9 Å². The van der Waals surface area contributed by atoms with Gasteiger partial charge >= 0.3 is 0 Å². The van der Waals surface area contributed by atoms with E-state index in [1.807, 2.05) is 30.3 Å².